The summed E-state index contributed by atoms with van der Waals surface area (Å²) >= 11 is 3.40. The third kappa shape index (κ3) is 3.58. The first-order chi connectivity index (χ1) is 8.65. The lowest BCUT2D eigenvalue weighted by Gasteiger charge is -2.10. The average Bonchev–Trinajstić information content (AvgIpc) is 2.37. The lowest BCUT2D eigenvalue weighted by molar-refractivity contribution is -0.142. The Hall–Kier alpha value is -1.34. The maximum atomic E-state index is 11.5. The normalized spacial score (nSPS) is 9.89. The van der Waals surface area contributed by atoms with E-state index in [1.807, 2.05) is 13.0 Å². The minimum atomic E-state index is -0.255. The molecule has 0 unspecified atom stereocenters. The van der Waals surface area contributed by atoms with Crippen molar-refractivity contribution in [2.45, 2.75) is 32.0 Å². The quantitative estimate of drug-likeness (QED) is 0.620. The molecule has 0 radical (unpaired) electrons. The zero-order valence-electron chi connectivity index (χ0n) is 10.6. The first-order valence-corrected chi connectivity index (χ1v) is 7.04. The largest absolute Gasteiger partial charge is 0.466 e. The average molecular weight is 310 g/mol. The molecule has 0 aliphatic carbocycles. The fraction of sp³-hybridized carbons (Fsp3) is 0.429. The Kier molecular flexibility index (Phi) is 5.87. The molecule has 1 rings (SSSR count). The van der Waals surface area contributed by atoms with E-state index in [4.69, 9.17) is 10.00 Å². The molecule has 0 aromatic heterocycles. The SMILES string of the molecule is CCOC(=O)Cc1cc(C#N)c(CBr)c(CC)c1. The van der Waals surface area contributed by atoms with Gasteiger partial charge in [-0.15, -0.1) is 0 Å². The molecule has 18 heavy (non-hydrogen) atoms. The van der Waals surface area contributed by atoms with Crippen molar-refractivity contribution in [3.63, 3.8) is 0 Å². The predicted molar refractivity (Wildman–Crippen MR) is 73.5 cm³/mol. The van der Waals surface area contributed by atoms with Gasteiger partial charge in [-0.25, -0.2) is 0 Å². The van der Waals surface area contributed by atoms with Crippen LogP contribution in [0.1, 0.15) is 36.1 Å². The van der Waals surface area contributed by atoms with Crippen LogP contribution in [0.15, 0.2) is 12.1 Å². The Morgan fingerprint density at radius 3 is 2.67 bits per heavy atom. The predicted octanol–water partition coefficient (Wildman–Crippen LogP) is 3.12. The summed E-state index contributed by atoms with van der Waals surface area (Å²) in [6.07, 6.45) is 1.06. The van der Waals surface area contributed by atoms with Crippen LogP contribution in [0.2, 0.25) is 0 Å². The Balaban J connectivity index is 3.08. The third-order valence-corrected chi connectivity index (χ3v) is 3.25. The van der Waals surface area contributed by atoms with Gasteiger partial charge < -0.3 is 4.74 Å². The molecule has 3 nitrogen and oxygen atoms in total. The molecule has 0 aliphatic rings. The molecule has 0 N–H and O–H groups in total. The number of benzene rings is 1. The monoisotopic (exact) mass is 309 g/mol. The van der Waals surface area contributed by atoms with Gasteiger partial charge in [-0.3, -0.25) is 4.79 Å². The van der Waals surface area contributed by atoms with Crippen molar-refractivity contribution in [2.24, 2.45) is 0 Å². The van der Waals surface area contributed by atoms with Crippen LogP contribution in [0.4, 0.5) is 0 Å². The number of ether oxygens (including phenoxy) is 1. The molecule has 0 fully saturated rings. The van der Waals surface area contributed by atoms with Crippen LogP contribution in [0.5, 0.6) is 0 Å². The molecular formula is C14H16BrNO2. The van der Waals surface area contributed by atoms with Crippen molar-refractivity contribution >= 4 is 21.9 Å². The fourth-order valence-corrected chi connectivity index (χ4v) is 2.51. The van der Waals surface area contributed by atoms with Gasteiger partial charge in [0.25, 0.3) is 0 Å². The van der Waals surface area contributed by atoms with Gasteiger partial charge in [0.2, 0.25) is 0 Å². The number of aryl methyl sites for hydroxylation is 1. The molecule has 0 bridgehead atoms. The fourth-order valence-electron chi connectivity index (χ4n) is 1.85. The van der Waals surface area contributed by atoms with E-state index in [-0.39, 0.29) is 12.4 Å². The molecule has 0 amide bonds. The van der Waals surface area contributed by atoms with E-state index in [9.17, 15) is 4.79 Å². The van der Waals surface area contributed by atoms with Gasteiger partial charge in [-0.05, 0) is 36.1 Å². The third-order valence-electron chi connectivity index (χ3n) is 2.69. The Morgan fingerprint density at radius 2 is 2.17 bits per heavy atom. The number of carbonyl (C=O) groups is 1. The zero-order chi connectivity index (χ0) is 13.5. The highest BCUT2D eigenvalue weighted by molar-refractivity contribution is 9.08. The molecule has 0 aliphatic heterocycles. The molecule has 0 spiro atoms. The van der Waals surface area contributed by atoms with E-state index < -0.39 is 0 Å². The van der Waals surface area contributed by atoms with Crippen LogP contribution in [0.3, 0.4) is 0 Å². The lowest BCUT2D eigenvalue weighted by atomic mass is 9.96. The minimum absolute atomic E-state index is 0.220. The summed E-state index contributed by atoms with van der Waals surface area (Å²) in [5, 5.41) is 9.80. The van der Waals surface area contributed by atoms with Crippen molar-refractivity contribution in [2.75, 3.05) is 6.61 Å². The van der Waals surface area contributed by atoms with Gasteiger partial charge in [0.1, 0.15) is 0 Å². The van der Waals surface area contributed by atoms with Gasteiger partial charge in [-0.2, -0.15) is 5.26 Å². The number of rotatable bonds is 5. The van der Waals surface area contributed by atoms with Gasteiger partial charge in [0.05, 0.1) is 24.7 Å². The maximum Gasteiger partial charge on any atom is 0.310 e. The van der Waals surface area contributed by atoms with E-state index in [2.05, 4.69) is 22.0 Å². The van der Waals surface area contributed by atoms with Crippen molar-refractivity contribution in [3.05, 3.63) is 34.4 Å². The van der Waals surface area contributed by atoms with E-state index >= 15 is 0 Å². The summed E-state index contributed by atoms with van der Waals surface area (Å²) in [4.78, 5) is 11.5. The first-order valence-electron chi connectivity index (χ1n) is 5.92. The van der Waals surface area contributed by atoms with Crippen LogP contribution in [0, 0.1) is 11.3 Å². The summed E-state index contributed by atoms with van der Waals surface area (Å²) in [7, 11) is 0. The highest BCUT2D eigenvalue weighted by atomic mass is 79.9. The number of hydrogen-bond acceptors (Lipinski definition) is 3. The second-order valence-electron chi connectivity index (χ2n) is 3.86. The van der Waals surface area contributed by atoms with Crippen LogP contribution in [-0.4, -0.2) is 12.6 Å². The number of alkyl halides is 1. The molecule has 0 atom stereocenters. The second kappa shape index (κ2) is 7.17. The molecule has 0 heterocycles. The van der Waals surface area contributed by atoms with Crippen LogP contribution in [0.25, 0.3) is 0 Å². The molecule has 4 heteroatoms. The maximum absolute atomic E-state index is 11.5. The minimum Gasteiger partial charge on any atom is -0.466 e. The van der Waals surface area contributed by atoms with E-state index in [1.165, 1.54) is 0 Å². The van der Waals surface area contributed by atoms with Gasteiger partial charge in [0.15, 0.2) is 0 Å². The highest BCUT2D eigenvalue weighted by Crippen LogP contribution is 2.21. The standard InChI is InChI=1S/C14H16BrNO2/c1-3-11-5-10(7-14(17)18-4-2)6-12(9-16)13(11)8-15/h5-6H,3-4,7-8H2,1-2H3. The van der Waals surface area contributed by atoms with Crippen LogP contribution < -0.4 is 0 Å². The number of carbonyl (C=O) groups excluding carboxylic acids is 1. The molecule has 96 valence electrons. The Morgan fingerprint density at radius 1 is 1.44 bits per heavy atom. The molecule has 1 aromatic carbocycles. The highest BCUT2D eigenvalue weighted by Gasteiger charge is 2.11. The van der Waals surface area contributed by atoms with Crippen molar-refractivity contribution in [3.8, 4) is 6.07 Å². The summed E-state index contributed by atoms with van der Waals surface area (Å²) in [6, 6.07) is 5.94. The second-order valence-corrected chi connectivity index (χ2v) is 4.42. The van der Waals surface area contributed by atoms with Crippen molar-refractivity contribution in [1.29, 1.82) is 5.26 Å². The molecule has 1 aromatic rings. The van der Waals surface area contributed by atoms with Crippen LogP contribution >= 0.6 is 15.9 Å². The lowest BCUT2D eigenvalue weighted by Crippen LogP contribution is -2.08. The summed E-state index contributed by atoms with van der Waals surface area (Å²) < 4.78 is 4.92. The summed E-state index contributed by atoms with van der Waals surface area (Å²) in [5.74, 6) is -0.255. The number of halogens is 1. The molecule has 0 saturated carbocycles. The number of esters is 1. The Labute approximate surface area is 116 Å². The van der Waals surface area contributed by atoms with E-state index in [0.29, 0.717) is 17.5 Å². The van der Waals surface area contributed by atoms with E-state index in [0.717, 1.165) is 23.1 Å². The number of hydrogen-bond donors (Lipinski definition) is 0. The Bertz CT molecular complexity index is 477. The van der Waals surface area contributed by atoms with Crippen LogP contribution in [-0.2, 0) is 27.7 Å². The van der Waals surface area contributed by atoms with Crippen molar-refractivity contribution in [1.82, 2.24) is 0 Å². The van der Waals surface area contributed by atoms with E-state index in [1.54, 1.807) is 13.0 Å². The van der Waals surface area contributed by atoms with Crippen molar-refractivity contribution < 1.29 is 9.53 Å². The first kappa shape index (κ1) is 14.7. The number of nitrogens with zero attached hydrogens (tertiary/aromatic N) is 1. The number of nitriles is 1. The molecular weight excluding hydrogens is 294 g/mol. The van der Waals surface area contributed by atoms with Gasteiger partial charge >= 0.3 is 5.97 Å². The summed E-state index contributed by atoms with van der Waals surface area (Å²) in [6.45, 7) is 4.20. The van der Waals surface area contributed by atoms with Gasteiger partial charge in [-0.1, -0.05) is 28.9 Å². The topological polar surface area (TPSA) is 50.1 Å². The van der Waals surface area contributed by atoms with Gasteiger partial charge in [0, 0.05) is 5.33 Å². The summed E-state index contributed by atoms with van der Waals surface area (Å²) in [5.41, 5.74) is 3.58. The smallest absolute Gasteiger partial charge is 0.310 e. The molecule has 0 saturated heterocycles. The zero-order valence-corrected chi connectivity index (χ0v) is 12.2.